The first kappa shape index (κ1) is 60.3. The lowest BCUT2D eigenvalue weighted by Gasteiger charge is -2.22. The van der Waals surface area contributed by atoms with E-state index < -0.39 is 12.1 Å². The van der Waals surface area contributed by atoms with Gasteiger partial charge in [0.05, 0.1) is 25.4 Å². The van der Waals surface area contributed by atoms with Crippen LogP contribution in [0, 0.1) is 0 Å². The van der Waals surface area contributed by atoms with Crippen molar-refractivity contribution < 1.29 is 24.5 Å². The molecular weight excluding hydrogens is 767 g/mol. The van der Waals surface area contributed by atoms with Crippen LogP contribution in [0.15, 0.2) is 24.3 Å². The lowest BCUT2D eigenvalue weighted by atomic mass is 10.0. The fraction of sp³-hybridized carbons (Fsp3) is 0.893. The SMILES string of the molecule is CCCCC/C=C\C/C=C\CCCCCCCCCCCC(=O)OCCCCCCCCCCCCCCCCC(=O)NC(CO)C(O)CCCCCCCCCCCCCC. The Morgan fingerprint density at radius 2 is 0.806 bits per heavy atom. The summed E-state index contributed by atoms with van der Waals surface area (Å²) in [5, 5.41) is 23.2. The summed E-state index contributed by atoms with van der Waals surface area (Å²) in [6.07, 6.45) is 61.5. The zero-order valence-corrected chi connectivity index (χ0v) is 41.6. The van der Waals surface area contributed by atoms with Crippen molar-refractivity contribution in [3.63, 3.8) is 0 Å². The van der Waals surface area contributed by atoms with Crippen molar-refractivity contribution >= 4 is 11.9 Å². The summed E-state index contributed by atoms with van der Waals surface area (Å²) in [6.45, 7) is 4.90. The molecule has 0 saturated carbocycles. The molecule has 1 amide bonds. The van der Waals surface area contributed by atoms with Gasteiger partial charge in [-0.2, -0.15) is 0 Å². The van der Waals surface area contributed by atoms with E-state index in [-0.39, 0.29) is 18.5 Å². The van der Waals surface area contributed by atoms with Crippen molar-refractivity contribution in [2.24, 2.45) is 0 Å². The van der Waals surface area contributed by atoms with Crippen molar-refractivity contribution in [1.29, 1.82) is 0 Å². The second-order valence-corrected chi connectivity index (χ2v) is 18.9. The number of nitrogens with one attached hydrogen (secondary N) is 1. The van der Waals surface area contributed by atoms with Gasteiger partial charge in [-0.1, -0.05) is 250 Å². The van der Waals surface area contributed by atoms with Crippen LogP contribution in [0.1, 0.15) is 296 Å². The Labute approximate surface area is 386 Å². The number of amides is 1. The maximum Gasteiger partial charge on any atom is 0.305 e. The predicted molar refractivity (Wildman–Crippen MR) is 269 cm³/mol. The third-order valence-electron chi connectivity index (χ3n) is 12.8. The number of allylic oxidation sites excluding steroid dienone is 4. The van der Waals surface area contributed by atoms with Crippen LogP contribution < -0.4 is 5.32 Å². The van der Waals surface area contributed by atoms with Gasteiger partial charge >= 0.3 is 5.97 Å². The van der Waals surface area contributed by atoms with E-state index in [4.69, 9.17) is 4.74 Å². The van der Waals surface area contributed by atoms with E-state index in [9.17, 15) is 19.8 Å². The molecule has 2 atom stereocenters. The third kappa shape index (κ3) is 47.8. The first-order valence-corrected chi connectivity index (χ1v) is 27.6. The summed E-state index contributed by atoms with van der Waals surface area (Å²) in [5.74, 6) is -0.0517. The number of aliphatic hydroxyl groups is 2. The maximum absolute atomic E-state index is 12.4. The molecule has 366 valence electrons. The number of aliphatic hydroxyl groups excluding tert-OH is 2. The minimum atomic E-state index is -0.670. The van der Waals surface area contributed by atoms with Gasteiger partial charge in [0.1, 0.15) is 0 Å². The molecule has 0 rings (SSSR count). The zero-order valence-electron chi connectivity index (χ0n) is 41.6. The second kappa shape index (κ2) is 52.0. The Morgan fingerprint density at radius 3 is 1.26 bits per heavy atom. The van der Waals surface area contributed by atoms with Crippen molar-refractivity contribution in [3.05, 3.63) is 24.3 Å². The molecule has 0 aromatic rings. The zero-order chi connectivity index (χ0) is 45.1. The van der Waals surface area contributed by atoms with Gasteiger partial charge in [0, 0.05) is 12.8 Å². The Hall–Kier alpha value is -1.66. The number of carbonyl (C=O) groups excluding carboxylic acids is 2. The van der Waals surface area contributed by atoms with Gasteiger partial charge in [0.15, 0.2) is 0 Å². The average Bonchev–Trinajstić information content (AvgIpc) is 3.27. The summed E-state index contributed by atoms with van der Waals surface area (Å²) in [4.78, 5) is 24.5. The normalized spacial score (nSPS) is 12.8. The summed E-state index contributed by atoms with van der Waals surface area (Å²) in [6, 6.07) is -0.548. The van der Waals surface area contributed by atoms with Crippen LogP contribution in [-0.4, -0.2) is 47.4 Å². The molecule has 0 saturated heterocycles. The molecule has 62 heavy (non-hydrogen) atoms. The number of unbranched alkanes of at least 4 members (excludes halogenated alkanes) is 36. The van der Waals surface area contributed by atoms with Gasteiger partial charge in [0.2, 0.25) is 5.91 Å². The fourth-order valence-electron chi connectivity index (χ4n) is 8.49. The van der Waals surface area contributed by atoms with E-state index in [2.05, 4.69) is 43.5 Å². The molecule has 0 bridgehead atoms. The third-order valence-corrected chi connectivity index (χ3v) is 12.8. The van der Waals surface area contributed by atoms with E-state index in [1.54, 1.807) is 0 Å². The van der Waals surface area contributed by atoms with Gasteiger partial charge in [0.25, 0.3) is 0 Å². The lowest BCUT2D eigenvalue weighted by Crippen LogP contribution is -2.45. The topological polar surface area (TPSA) is 95.9 Å². The van der Waals surface area contributed by atoms with Crippen molar-refractivity contribution in [1.82, 2.24) is 5.32 Å². The van der Waals surface area contributed by atoms with E-state index in [1.165, 1.54) is 205 Å². The maximum atomic E-state index is 12.4. The predicted octanol–water partition coefficient (Wildman–Crippen LogP) is 16.7. The summed E-state index contributed by atoms with van der Waals surface area (Å²) >= 11 is 0. The average molecular weight is 874 g/mol. The molecule has 0 aromatic heterocycles. The molecule has 0 aliphatic carbocycles. The van der Waals surface area contributed by atoms with Gasteiger partial charge in [-0.15, -0.1) is 0 Å². The summed E-state index contributed by atoms with van der Waals surface area (Å²) in [5.41, 5.74) is 0. The standard InChI is InChI=1S/C56H107NO5/c1-3-5-7-9-11-13-15-17-18-19-20-21-22-26-30-34-38-42-46-50-56(61)62-51-47-43-39-35-31-27-24-23-25-29-33-37-41-45-49-55(60)57-53(52-58)54(59)48-44-40-36-32-28-16-14-12-10-8-6-4-2/h11,13,17-18,53-54,58-59H,3-10,12,14-16,19-52H2,1-2H3,(H,57,60)/b13-11-,18-17-. The van der Waals surface area contributed by atoms with Gasteiger partial charge < -0.3 is 20.3 Å². The molecule has 6 nitrogen and oxygen atoms in total. The largest absolute Gasteiger partial charge is 0.466 e. The highest BCUT2D eigenvalue weighted by molar-refractivity contribution is 5.76. The van der Waals surface area contributed by atoms with Crippen LogP contribution in [0.5, 0.6) is 0 Å². The number of carbonyl (C=O) groups is 2. The van der Waals surface area contributed by atoms with Gasteiger partial charge in [-0.25, -0.2) is 0 Å². The minimum absolute atomic E-state index is 0.00588. The van der Waals surface area contributed by atoms with Crippen LogP contribution in [0.2, 0.25) is 0 Å². The van der Waals surface area contributed by atoms with Crippen LogP contribution in [0.25, 0.3) is 0 Å². The van der Waals surface area contributed by atoms with Gasteiger partial charge in [-0.05, 0) is 57.8 Å². The highest BCUT2D eigenvalue weighted by Crippen LogP contribution is 2.17. The number of hydrogen-bond donors (Lipinski definition) is 3. The Morgan fingerprint density at radius 1 is 0.452 bits per heavy atom. The molecule has 0 aliphatic heterocycles. The van der Waals surface area contributed by atoms with Crippen LogP contribution in [-0.2, 0) is 14.3 Å². The Bertz CT molecular complexity index is 966. The number of esters is 1. The fourth-order valence-corrected chi connectivity index (χ4v) is 8.49. The number of ether oxygens (including phenoxy) is 1. The van der Waals surface area contributed by atoms with Crippen LogP contribution in [0.4, 0.5) is 0 Å². The molecule has 0 aliphatic rings. The van der Waals surface area contributed by atoms with Crippen molar-refractivity contribution in [3.8, 4) is 0 Å². The van der Waals surface area contributed by atoms with Crippen LogP contribution >= 0.6 is 0 Å². The lowest BCUT2D eigenvalue weighted by molar-refractivity contribution is -0.143. The molecule has 0 aromatic carbocycles. The number of hydrogen-bond acceptors (Lipinski definition) is 5. The smallest absolute Gasteiger partial charge is 0.305 e. The summed E-state index contributed by atoms with van der Waals surface area (Å²) < 4.78 is 5.48. The molecule has 3 N–H and O–H groups in total. The highest BCUT2D eigenvalue weighted by Gasteiger charge is 2.20. The van der Waals surface area contributed by atoms with Crippen molar-refractivity contribution in [2.75, 3.05) is 13.2 Å². The molecule has 6 heteroatoms. The molecule has 0 spiro atoms. The highest BCUT2D eigenvalue weighted by atomic mass is 16.5. The van der Waals surface area contributed by atoms with E-state index in [0.29, 0.717) is 25.9 Å². The summed E-state index contributed by atoms with van der Waals surface area (Å²) in [7, 11) is 0. The number of rotatable bonds is 51. The molecular formula is C56H107NO5. The van der Waals surface area contributed by atoms with E-state index >= 15 is 0 Å². The van der Waals surface area contributed by atoms with E-state index in [1.807, 2.05) is 0 Å². The second-order valence-electron chi connectivity index (χ2n) is 18.9. The first-order chi connectivity index (χ1) is 30.5. The Kier molecular flexibility index (Phi) is 50.6. The van der Waals surface area contributed by atoms with E-state index in [0.717, 1.165) is 57.8 Å². The first-order valence-electron chi connectivity index (χ1n) is 27.6. The van der Waals surface area contributed by atoms with Crippen LogP contribution in [0.3, 0.4) is 0 Å². The molecule has 0 fully saturated rings. The monoisotopic (exact) mass is 874 g/mol. The molecule has 0 radical (unpaired) electrons. The molecule has 0 heterocycles. The van der Waals surface area contributed by atoms with Crippen molar-refractivity contribution in [2.45, 2.75) is 309 Å². The Balaban J connectivity index is 3.41. The molecule has 2 unspecified atom stereocenters. The quantitative estimate of drug-likeness (QED) is 0.0321. The minimum Gasteiger partial charge on any atom is -0.466 e. The van der Waals surface area contributed by atoms with Gasteiger partial charge in [-0.3, -0.25) is 9.59 Å².